The van der Waals surface area contributed by atoms with Gasteiger partial charge in [-0.2, -0.15) is 0 Å². The lowest BCUT2D eigenvalue weighted by Gasteiger charge is -2.31. The highest BCUT2D eigenvalue weighted by Crippen LogP contribution is 2.43. The predicted octanol–water partition coefficient (Wildman–Crippen LogP) is 2.47. The lowest BCUT2D eigenvalue weighted by molar-refractivity contribution is -0.136. The maximum absolute atomic E-state index is 13.4. The standard InChI is InChI=1S/C22H33N3O5/c1-5-23-22(27)25-13-16(17(14-25)21(26)24-9-7-6-8-10-24)15-11-18(28-2)20(30-4)19(12-15)29-3/h11-12,16-17H,5-10,13-14H2,1-4H3,(H,23,27)/t16-,17-/m1/s1. The fourth-order valence-electron chi connectivity index (χ4n) is 4.48. The first-order valence-electron chi connectivity index (χ1n) is 10.7. The van der Waals surface area contributed by atoms with Crippen LogP contribution in [0.2, 0.25) is 0 Å². The molecule has 3 rings (SSSR count). The van der Waals surface area contributed by atoms with Gasteiger partial charge in [-0.15, -0.1) is 0 Å². The van der Waals surface area contributed by atoms with Crippen molar-refractivity contribution in [1.82, 2.24) is 15.1 Å². The molecule has 2 atom stereocenters. The van der Waals surface area contributed by atoms with E-state index in [0.29, 0.717) is 36.9 Å². The molecule has 2 fully saturated rings. The Morgan fingerprint density at radius 1 is 0.967 bits per heavy atom. The number of likely N-dealkylation sites (tertiary alicyclic amines) is 2. The molecule has 30 heavy (non-hydrogen) atoms. The van der Waals surface area contributed by atoms with Crippen molar-refractivity contribution in [2.75, 3.05) is 54.1 Å². The fourth-order valence-corrected chi connectivity index (χ4v) is 4.48. The molecule has 0 aromatic heterocycles. The number of nitrogens with one attached hydrogen (secondary N) is 1. The van der Waals surface area contributed by atoms with Gasteiger partial charge in [-0.25, -0.2) is 4.79 Å². The van der Waals surface area contributed by atoms with E-state index >= 15 is 0 Å². The third kappa shape index (κ3) is 4.42. The van der Waals surface area contributed by atoms with E-state index in [-0.39, 0.29) is 23.8 Å². The fraction of sp³-hybridized carbons (Fsp3) is 0.636. The highest BCUT2D eigenvalue weighted by Gasteiger charge is 2.42. The van der Waals surface area contributed by atoms with E-state index in [4.69, 9.17) is 14.2 Å². The number of hydrogen-bond acceptors (Lipinski definition) is 5. The number of piperidine rings is 1. The smallest absolute Gasteiger partial charge is 0.317 e. The number of rotatable bonds is 6. The molecule has 0 spiro atoms. The highest BCUT2D eigenvalue weighted by atomic mass is 16.5. The molecule has 166 valence electrons. The van der Waals surface area contributed by atoms with Gasteiger partial charge in [0.05, 0.1) is 27.2 Å². The third-order valence-corrected chi connectivity index (χ3v) is 6.04. The minimum absolute atomic E-state index is 0.125. The van der Waals surface area contributed by atoms with Crippen molar-refractivity contribution in [3.8, 4) is 17.2 Å². The monoisotopic (exact) mass is 419 g/mol. The number of hydrogen-bond donors (Lipinski definition) is 1. The molecule has 0 radical (unpaired) electrons. The van der Waals surface area contributed by atoms with E-state index in [9.17, 15) is 9.59 Å². The Morgan fingerprint density at radius 3 is 2.13 bits per heavy atom. The quantitative estimate of drug-likeness (QED) is 0.766. The summed E-state index contributed by atoms with van der Waals surface area (Å²) in [5.74, 6) is 1.30. The maximum atomic E-state index is 13.4. The van der Waals surface area contributed by atoms with Crippen LogP contribution in [0.4, 0.5) is 4.79 Å². The maximum Gasteiger partial charge on any atom is 0.317 e. The van der Waals surface area contributed by atoms with Crippen LogP contribution in [0, 0.1) is 5.92 Å². The van der Waals surface area contributed by atoms with Gasteiger partial charge >= 0.3 is 6.03 Å². The molecule has 1 N–H and O–H groups in total. The van der Waals surface area contributed by atoms with Crippen LogP contribution < -0.4 is 19.5 Å². The molecule has 2 saturated heterocycles. The second kappa shape index (κ2) is 9.91. The predicted molar refractivity (Wildman–Crippen MR) is 113 cm³/mol. The molecule has 2 aliphatic rings. The van der Waals surface area contributed by atoms with Crippen molar-refractivity contribution in [2.45, 2.75) is 32.1 Å². The number of methoxy groups -OCH3 is 3. The molecule has 2 heterocycles. The van der Waals surface area contributed by atoms with Crippen molar-refractivity contribution in [3.63, 3.8) is 0 Å². The van der Waals surface area contributed by atoms with E-state index in [1.54, 1.807) is 26.2 Å². The van der Waals surface area contributed by atoms with Gasteiger partial charge in [0.2, 0.25) is 11.7 Å². The molecule has 0 aliphatic carbocycles. The third-order valence-electron chi connectivity index (χ3n) is 6.04. The topological polar surface area (TPSA) is 80.3 Å². The minimum atomic E-state index is -0.298. The second-order valence-corrected chi connectivity index (χ2v) is 7.80. The summed E-state index contributed by atoms with van der Waals surface area (Å²) in [6, 6.07) is 3.65. The van der Waals surface area contributed by atoms with Gasteiger partial charge in [-0.1, -0.05) is 0 Å². The lowest BCUT2D eigenvalue weighted by atomic mass is 9.87. The Morgan fingerprint density at radius 2 is 1.60 bits per heavy atom. The molecule has 2 aliphatic heterocycles. The van der Waals surface area contributed by atoms with E-state index in [2.05, 4.69) is 5.32 Å². The number of carbonyl (C=O) groups is 2. The molecule has 0 unspecified atom stereocenters. The van der Waals surface area contributed by atoms with Crippen LogP contribution in [0.5, 0.6) is 17.2 Å². The molecule has 8 heteroatoms. The van der Waals surface area contributed by atoms with Crippen LogP contribution in [-0.4, -0.2) is 75.8 Å². The average Bonchev–Trinajstić information content (AvgIpc) is 3.24. The van der Waals surface area contributed by atoms with Gasteiger partial charge in [-0.05, 0) is 43.9 Å². The molecule has 0 saturated carbocycles. The van der Waals surface area contributed by atoms with Gasteiger partial charge in [0, 0.05) is 38.6 Å². The largest absolute Gasteiger partial charge is 0.493 e. The summed E-state index contributed by atoms with van der Waals surface area (Å²) in [5, 5.41) is 2.85. The number of carbonyl (C=O) groups excluding carboxylic acids is 2. The molecule has 1 aromatic carbocycles. The molecule has 8 nitrogen and oxygen atoms in total. The summed E-state index contributed by atoms with van der Waals surface area (Å²) < 4.78 is 16.5. The molecular formula is C22H33N3O5. The normalized spacial score (nSPS) is 21.3. The van der Waals surface area contributed by atoms with Crippen LogP contribution in [0.15, 0.2) is 12.1 Å². The average molecular weight is 420 g/mol. The van der Waals surface area contributed by atoms with E-state index in [1.165, 1.54) is 0 Å². The van der Waals surface area contributed by atoms with Crippen LogP contribution in [0.25, 0.3) is 0 Å². The van der Waals surface area contributed by atoms with Gasteiger partial charge in [-0.3, -0.25) is 4.79 Å². The Hall–Kier alpha value is -2.64. The lowest BCUT2D eigenvalue weighted by Crippen LogP contribution is -2.43. The Kier molecular flexibility index (Phi) is 7.29. The summed E-state index contributed by atoms with van der Waals surface area (Å²) >= 11 is 0. The van der Waals surface area contributed by atoms with Crippen LogP contribution >= 0.6 is 0 Å². The summed E-state index contributed by atoms with van der Waals surface area (Å²) in [5.41, 5.74) is 0.909. The Balaban J connectivity index is 1.95. The summed E-state index contributed by atoms with van der Waals surface area (Å²) in [6.07, 6.45) is 3.23. The van der Waals surface area contributed by atoms with E-state index in [0.717, 1.165) is 37.9 Å². The minimum Gasteiger partial charge on any atom is -0.493 e. The zero-order valence-electron chi connectivity index (χ0n) is 18.4. The van der Waals surface area contributed by atoms with Gasteiger partial charge in [0.15, 0.2) is 11.5 Å². The van der Waals surface area contributed by atoms with Crippen molar-refractivity contribution in [3.05, 3.63) is 17.7 Å². The molecule has 1 aromatic rings. The number of ether oxygens (including phenoxy) is 3. The summed E-state index contributed by atoms with van der Waals surface area (Å²) in [6.45, 7) is 4.89. The number of benzene rings is 1. The SMILES string of the molecule is CCNC(=O)N1C[C@H](c2cc(OC)c(OC)c(OC)c2)[C@H](C(=O)N2CCCCC2)C1. The Bertz CT molecular complexity index is 738. The molecule has 3 amide bonds. The highest BCUT2D eigenvalue weighted by molar-refractivity contribution is 5.83. The number of urea groups is 1. The van der Waals surface area contributed by atoms with Crippen molar-refractivity contribution in [1.29, 1.82) is 0 Å². The van der Waals surface area contributed by atoms with Gasteiger partial charge < -0.3 is 29.3 Å². The van der Waals surface area contributed by atoms with Crippen LogP contribution in [0.3, 0.4) is 0 Å². The number of amides is 3. The molecule has 0 bridgehead atoms. The van der Waals surface area contributed by atoms with E-state index in [1.807, 2.05) is 24.0 Å². The number of nitrogens with zero attached hydrogens (tertiary/aromatic N) is 2. The van der Waals surface area contributed by atoms with Crippen molar-refractivity contribution >= 4 is 11.9 Å². The summed E-state index contributed by atoms with van der Waals surface area (Å²) in [7, 11) is 4.72. The van der Waals surface area contributed by atoms with Crippen molar-refractivity contribution in [2.24, 2.45) is 5.92 Å². The van der Waals surface area contributed by atoms with E-state index < -0.39 is 0 Å². The second-order valence-electron chi connectivity index (χ2n) is 7.80. The first-order valence-corrected chi connectivity index (χ1v) is 10.7. The van der Waals surface area contributed by atoms with Gasteiger partial charge in [0.25, 0.3) is 0 Å². The first-order chi connectivity index (χ1) is 14.5. The van der Waals surface area contributed by atoms with Crippen LogP contribution in [0.1, 0.15) is 37.7 Å². The zero-order chi connectivity index (χ0) is 21.7. The molecular weight excluding hydrogens is 386 g/mol. The van der Waals surface area contributed by atoms with Gasteiger partial charge in [0.1, 0.15) is 0 Å². The summed E-state index contributed by atoms with van der Waals surface area (Å²) in [4.78, 5) is 29.7. The van der Waals surface area contributed by atoms with Crippen LogP contribution in [-0.2, 0) is 4.79 Å². The zero-order valence-corrected chi connectivity index (χ0v) is 18.4. The first kappa shape index (κ1) is 22.1. The van der Waals surface area contributed by atoms with Crippen molar-refractivity contribution < 1.29 is 23.8 Å². The Labute approximate surface area is 178 Å².